The molecule has 1 heterocycles. The molecular weight excluding hydrogens is 156 g/mol. The molecule has 0 atom stereocenters. The molecule has 1 aliphatic rings. The average Bonchev–Trinajstić information content (AvgIpc) is 2.45. The fraction of sp³-hybridized carbons (Fsp3) is 0.500. The molecule has 0 aromatic rings. The van der Waals surface area contributed by atoms with Crippen molar-refractivity contribution in [3.05, 3.63) is 17.8 Å². The molecule has 0 aromatic carbocycles. The first-order valence-electron chi connectivity index (χ1n) is 3.80. The van der Waals surface area contributed by atoms with E-state index in [2.05, 4.69) is 9.85 Å². The summed E-state index contributed by atoms with van der Waals surface area (Å²) in [5.41, 5.74) is 0.372. The number of azo groups is 2. The van der Waals surface area contributed by atoms with Crippen LogP contribution in [0.1, 0.15) is 13.3 Å². The van der Waals surface area contributed by atoms with E-state index < -0.39 is 0 Å². The van der Waals surface area contributed by atoms with Crippen molar-refractivity contribution in [2.45, 2.75) is 13.3 Å². The van der Waals surface area contributed by atoms with Gasteiger partial charge in [0.05, 0.1) is 7.11 Å². The van der Waals surface area contributed by atoms with Gasteiger partial charge < -0.3 is 4.74 Å². The molecule has 65 valence electrons. The Kier molecular flexibility index (Phi) is 2.58. The highest BCUT2D eigenvalue weighted by atomic mass is 16.5. The summed E-state index contributed by atoms with van der Waals surface area (Å²) in [6.45, 7) is 2.01. The van der Waals surface area contributed by atoms with E-state index in [4.69, 9.17) is 0 Å². The number of hydrogen-bond acceptors (Lipinski definition) is 3. The van der Waals surface area contributed by atoms with Gasteiger partial charge in [-0.2, -0.15) is 0 Å². The van der Waals surface area contributed by atoms with E-state index in [9.17, 15) is 4.79 Å². The molecule has 0 saturated carbocycles. The SMILES string of the molecule is CC[C]1C=C(C(=O)OC)N=[N+]1C. The van der Waals surface area contributed by atoms with Gasteiger partial charge in [0.25, 0.3) is 6.04 Å². The fourth-order valence-corrected chi connectivity index (χ4v) is 1.04. The molecule has 1 radical (unpaired) electrons. The maximum absolute atomic E-state index is 11.0. The maximum atomic E-state index is 11.0. The summed E-state index contributed by atoms with van der Waals surface area (Å²) in [5.74, 6) is -0.384. The molecule has 1 rings (SSSR count). The van der Waals surface area contributed by atoms with Crippen LogP contribution in [-0.2, 0) is 9.53 Å². The molecule has 0 amide bonds. The number of hydrogen-bond donors (Lipinski definition) is 0. The lowest BCUT2D eigenvalue weighted by Crippen LogP contribution is -2.04. The van der Waals surface area contributed by atoms with E-state index in [-0.39, 0.29) is 5.97 Å². The quantitative estimate of drug-likeness (QED) is 0.457. The van der Waals surface area contributed by atoms with Crippen molar-refractivity contribution in [3.63, 3.8) is 0 Å². The minimum Gasteiger partial charge on any atom is -0.464 e. The normalized spacial score (nSPS) is 17.2. The predicted octanol–water partition coefficient (Wildman–Crippen LogP) is 1.09. The summed E-state index contributed by atoms with van der Waals surface area (Å²) in [4.78, 5) is 11.0. The Hall–Kier alpha value is -1.19. The minimum absolute atomic E-state index is 0.372. The molecule has 0 fully saturated rings. The standard InChI is InChI=1S/C8H12N2O2/c1-4-6-5-7(8(11)12-3)9-10(6)2/h5H,4H2,1-3H3/q+1. The Morgan fingerprint density at radius 3 is 2.83 bits per heavy atom. The van der Waals surface area contributed by atoms with Crippen molar-refractivity contribution in [2.75, 3.05) is 14.2 Å². The van der Waals surface area contributed by atoms with E-state index >= 15 is 0 Å². The zero-order valence-corrected chi connectivity index (χ0v) is 7.50. The van der Waals surface area contributed by atoms with Crippen LogP contribution in [0.15, 0.2) is 16.9 Å². The number of ether oxygens (including phenoxy) is 1. The topological polar surface area (TPSA) is 41.7 Å². The van der Waals surface area contributed by atoms with Gasteiger partial charge in [-0.05, 0) is 0 Å². The highest BCUT2D eigenvalue weighted by Gasteiger charge is 2.29. The number of rotatable bonds is 2. The van der Waals surface area contributed by atoms with Crippen LogP contribution >= 0.6 is 0 Å². The van der Waals surface area contributed by atoms with Gasteiger partial charge in [-0.15, -0.1) is 4.70 Å². The predicted molar refractivity (Wildman–Crippen MR) is 42.2 cm³/mol. The first-order chi connectivity index (χ1) is 5.69. The van der Waals surface area contributed by atoms with Crippen LogP contribution in [0.5, 0.6) is 0 Å². The van der Waals surface area contributed by atoms with Gasteiger partial charge in [0.1, 0.15) is 0 Å². The van der Waals surface area contributed by atoms with Gasteiger partial charge in [-0.25, -0.2) is 4.79 Å². The van der Waals surface area contributed by atoms with Gasteiger partial charge in [0.2, 0.25) is 5.70 Å². The molecule has 0 bridgehead atoms. The Bertz CT molecular complexity index is 256. The zero-order chi connectivity index (χ0) is 9.14. The summed E-state index contributed by atoms with van der Waals surface area (Å²) in [6.07, 6.45) is 2.60. The highest BCUT2D eigenvalue weighted by Crippen LogP contribution is 2.20. The zero-order valence-electron chi connectivity index (χ0n) is 7.50. The van der Waals surface area contributed by atoms with Crippen molar-refractivity contribution in [1.29, 1.82) is 0 Å². The minimum atomic E-state index is -0.384. The molecule has 0 spiro atoms. The van der Waals surface area contributed by atoms with Gasteiger partial charge in [-0.3, -0.25) is 0 Å². The lowest BCUT2D eigenvalue weighted by Gasteiger charge is -1.91. The summed E-state index contributed by atoms with van der Waals surface area (Å²) in [5, 5.41) is 3.99. The van der Waals surface area contributed by atoms with Gasteiger partial charge >= 0.3 is 5.97 Å². The van der Waals surface area contributed by atoms with Crippen molar-refractivity contribution >= 4 is 5.97 Å². The molecule has 0 N–H and O–H groups in total. The Morgan fingerprint density at radius 2 is 2.42 bits per heavy atom. The molecule has 0 unspecified atom stereocenters. The van der Waals surface area contributed by atoms with Crippen LogP contribution in [0.4, 0.5) is 0 Å². The van der Waals surface area contributed by atoms with Gasteiger partial charge in [-0.1, -0.05) is 6.92 Å². The number of carbonyl (C=O) groups excluding carboxylic acids is 1. The van der Waals surface area contributed by atoms with Crippen LogP contribution in [0.3, 0.4) is 0 Å². The third-order valence-electron chi connectivity index (χ3n) is 1.73. The van der Waals surface area contributed by atoms with E-state index in [1.807, 2.05) is 14.0 Å². The first kappa shape index (κ1) is 8.90. The number of methoxy groups -OCH3 is 1. The van der Waals surface area contributed by atoms with E-state index in [0.717, 1.165) is 12.5 Å². The monoisotopic (exact) mass is 168 g/mol. The van der Waals surface area contributed by atoms with Crippen LogP contribution in [0, 0.1) is 6.04 Å². The van der Waals surface area contributed by atoms with Crippen molar-refractivity contribution < 1.29 is 14.2 Å². The fourth-order valence-electron chi connectivity index (χ4n) is 1.04. The largest absolute Gasteiger partial charge is 0.464 e. The van der Waals surface area contributed by atoms with Crippen LogP contribution < -0.4 is 0 Å². The molecular formula is C8H12N2O2+. The van der Waals surface area contributed by atoms with Gasteiger partial charge in [0, 0.05) is 17.6 Å². The second-order valence-corrected chi connectivity index (χ2v) is 2.49. The van der Waals surface area contributed by atoms with Crippen molar-refractivity contribution in [1.82, 2.24) is 0 Å². The first-order valence-corrected chi connectivity index (χ1v) is 3.80. The number of esters is 1. The molecule has 1 aliphatic heterocycles. The molecule has 4 nitrogen and oxygen atoms in total. The second-order valence-electron chi connectivity index (χ2n) is 2.49. The van der Waals surface area contributed by atoms with Crippen molar-refractivity contribution in [2.24, 2.45) is 5.11 Å². The molecule has 0 saturated heterocycles. The van der Waals surface area contributed by atoms with Crippen LogP contribution in [-0.4, -0.2) is 24.8 Å². The maximum Gasteiger partial charge on any atom is 0.362 e. The number of nitrogens with zero attached hydrogens (tertiary/aromatic N) is 2. The summed E-state index contributed by atoms with van der Waals surface area (Å²) in [6, 6.07) is 1.02. The molecule has 12 heavy (non-hydrogen) atoms. The van der Waals surface area contributed by atoms with E-state index in [0.29, 0.717) is 5.70 Å². The Balaban J connectivity index is 2.77. The van der Waals surface area contributed by atoms with Crippen LogP contribution in [0.2, 0.25) is 0 Å². The second kappa shape index (κ2) is 3.47. The third-order valence-corrected chi connectivity index (χ3v) is 1.73. The number of likely N-dealkylation sites (N-methyl/N-ethyl adjacent to an activating group) is 1. The number of carbonyl (C=O) groups is 1. The Morgan fingerprint density at radius 1 is 1.75 bits per heavy atom. The van der Waals surface area contributed by atoms with E-state index in [1.54, 1.807) is 10.8 Å². The smallest absolute Gasteiger partial charge is 0.362 e. The van der Waals surface area contributed by atoms with Gasteiger partial charge in [0.15, 0.2) is 7.05 Å². The lowest BCUT2D eigenvalue weighted by molar-refractivity contribution is -0.537. The van der Waals surface area contributed by atoms with Crippen molar-refractivity contribution in [3.8, 4) is 0 Å². The summed E-state index contributed by atoms with van der Waals surface area (Å²) < 4.78 is 6.22. The average molecular weight is 168 g/mol. The summed E-state index contributed by atoms with van der Waals surface area (Å²) >= 11 is 0. The Labute approximate surface area is 71.5 Å². The third kappa shape index (κ3) is 1.52. The van der Waals surface area contributed by atoms with E-state index in [1.165, 1.54) is 7.11 Å². The summed E-state index contributed by atoms with van der Waals surface area (Å²) in [7, 11) is 3.16. The lowest BCUT2D eigenvalue weighted by atomic mass is 10.2. The molecule has 4 heteroatoms. The molecule has 0 aliphatic carbocycles. The van der Waals surface area contributed by atoms with Crippen LogP contribution in [0.25, 0.3) is 0 Å². The highest BCUT2D eigenvalue weighted by molar-refractivity contribution is 5.88. The molecule has 0 aromatic heterocycles.